The predicted octanol–water partition coefficient (Wildman–Crippen LogP) is 2.96. The zero-order chi connectivity index (χ0) is 14.1. The van der Waals surface area contributed by atoms with E-state index in [-0.39, 0.29) is 5.82 Å². The smallest absolute Gasteiger partial charge is 0.276 e. The maximum absolute atomic E-state index is 13.2. The quantitative estimate of drug-likeness (QED) is 0.737. The molecule has 2 aromatic heterocycles. The molecular weight excluding hydrogens is 327 g/mol. The fraction of sp³-hybridized carbons (Fsp3) is 0.154. The molecule has 0 atom stereocenters. The van der Waals surface area contributed by atoms with Crippen molar-refractivity contribution in [2.24, 2.45) is 7.05 Å². The molecule has 3 rings (SSSR count). The molecule has 5 nitrogen and oxygen atoms in total. The zero-order valence-corrected chi connectivity index (χ0v) is 12.1. The second kappa shape index (κ2) is 5.16. The molecule has 0 saturated heterocycles. The Kier molecular flexibility index (Phi) is 3.35. The van der Waals surface area contributed by atoms with Crippen LogP contribution in [0.15, 0.2) is 39.5 Å². The molecule has 0 aliphatic carbocycles. The van der Waals surface area contributed by atoms with Crippen LogP contribution in [0, 0.1) is 5.82 Å². The normalized spacial score (nSPS) is 10.9. The molecule has 0 N–H and O–H groups in total. The first-order chi connectivity index (χ1) is 9.63. The van der Waals surface area contributed by atoms with Crippen molar-refractivity contribution < 1.29 is 8.91 Å². The summed E-state index contributed by atoms with van der Waals surface area (Å²) < 4.78 is 20.5. The van der Waals surface area contributed by atoms with Crippen LogP contribution in [0.5, 0.6) is 0 Å². The minimum absolute atomic E-state index is 0.294. The molecule has 0 fully saturated rings. The summed E-state index contributed by atoms with van der Waals surface area (Å²) in [4.78, 5) is 4.31. The molecule has 3 aromatic rings. The lowest BCUT2D eigenvalue weighted by Crippen LogP contribution is -1.94. The lowest BCUT2D eigenvalue weighted by molar-refractivity contribution is 0.420. The first-order valence-corrected chi connectivity index (χ1v) is 6.67. The van der Waals surface area contributed by atoms with Crippen molar-refractivity contribution in [3.05, 3.63) is 52.1 Å². The third kappa shape index (κ3) is 2.49. The minimum Gasteiger partial charge on any atom is -0.332 e. The van der Waals surface area contributed by atoms with E-state index in [9.17, 15) is 4.39 Å². The monoisotopic (exact) mass is 336 g/mol. The highest BCUT2D eigenvalue weighted by Crippen LogP contribution is 2.20. The first-order valence-electron chi connectivity index (χ1n) is 5.88. The van der Waals surface area contributed by atoms with Crippen molar-refractivity contribution in [1.29, 1.82) is 0 Å². The number of hydrogen-bond acceptors (Lipinski definition) is 4. The molecule has 0 amide bonds. The molecule has 2 heterocycles. The minimum atomic E-state index is -0.294. The molecule has 0 spiro atoms. The van der Waals surface area contributed by atoms with Crippen LogP contribution in [0.25, 0.3) is 11.6 Å². The third-order valence-electron chi connectivity index (χ3n) is 2.85. The highest BCUT2D eigenvalue weighted by Gasteiger charge is 2.12. The van der Waals surface area contributed by atoms with Gasteiger partial charge >= 0.3 is 0 Å². The van der Waals surface area contributed by atoms with E-state index in [1.165, 1.54) is 6.07 Å². The van der Waals surface area contributed by atoms with Gasteiger partial charge in [0.15, 0.2) is 5.82 Å². The molecular formula is C13H10BrFN4O. The van der Waals surface area contributed by atoms with Crippen LogP contribution in [0.3, 0.4) is 0 Å². The number of halogens is 2. The van der Waals surface area contributed by atoms with Crippen molar-refractivity contribution in [2.45, 2.75) is 6.42 Å². The first kappa shape index (κ1) is 13.0. The number of rotatable bonds is 3. The van der Waals surface area contributed by atoms with Crippen molar-refractivity contribution in [3.8, 4) is 11.6 Å². The van der Waals surface area contributed by atoms with Crippen LogP contribution in [0.1, 0.15) is 11.4 Å². The summed E-state index contributed by atoms with van der Waals surface area (Å²) in [6.45, 7) is 0. The van der Waals surface area contributed by atoms with Crippen molar-refractivity contribution in [1.82, 2.24) is 19.9 Å². The Morgan fingerprint density at radius 3 is 2.90 bits per heavy atom. The summed E-state index contributed by atoms with van der Waals surface area (Å²) in [6, 6.07) is 6.60. The van der Waals surface area contributed by atoms with Crippen molar-refractivity contribution >= 4 is 15.9 Å². The van der Waals surface area contributed by atoms with E-state index >= 15 is 0 Å². The summed E-state index contributed by atoms with van der Waals surface area (Å²) >= 11 is 3.15. The van der Waals surface area contributed by atoms with Gasteiger partial charge in [0.1, 0.15) is 11.5 Å². The van der Waals surface area contributed by atoms with Gasteiger partial charge in [-0.05, 0) is 39.7 Å². The Hall–Kier alpha value is -2.02. The largest absolute Gasteiger partial charge is 0.332 e. The third-order valence-corrected chi connectivity index (χ3v) is 3.46. The van der Waals surface area contributed by atoms with Gasteiger partial charge in [0.2, 0.25) is 0 Å². The Balaban J connectivity index is 1.84. The Labute approximate surface area is 122 Å². The number of benzene rings is 1. The molecule has 0 aliphatic rings. The molecule has 0 bridgehead atoms. The molecule has 7 heteroatoms. The zero-order valence-electron chi connectivity index (χ0n) is 10.5. The summed E-state index contributed by atoms with van der Waals surface area (Å²) in [7, 11) is 1.80. The fourth-order valence-corrected chi connectivity index (χ4v) is 2.27. The SMILES string of the molecule is Cn1nccc1-c1nc(Cc2ccc(F)c(Br)c2)no1. The van der Waals surface area contributed by atoms with E-state index in [1.54, 1.807) is 36.1 Å². The van der Waals surface area contributed by atoms with E-state index in [0.29, 0.717) is 22.6 Å². The summed E-state index contributed by atoms with van der Waals surface area (Å²) in [5.41, 5.74) is 1.65. The fourth-order valence-electron chi connectivity index (χ4n) is 1.85. The van der Waals surface area contributed by atoms with Crippen molar-refractivity contribution in [3.63, 3.8) is 0 Å². The molecule has 0 unspecified atom stereocenters. The number of hydrogen-bond donors (Lipinski definition) is 0. The van der Waals surface area contributed by atoms with Gasteiger partial charge < -0.3 is 4.52 Å². The Bertz CT molecular complexity index is 752. The van der Waals surface area contributed by atoms with Crippen LogP contribution >= 0.6 is 15.9 Å². The van der Waals surface area contributed by atoms with E-state index < -0.39 is 0 Å². The van der Waals surface area contributed by atoms with Gasteiger partial charge in [-0.3, -0.25) is 4.68 Å². The van der Waals surface area contributed by atoms with Crippen LogP contribution in [0.4, 0.5) is 4.39 Å². The average molecular weight is 337 g/mol. The van der Waals surface area contributed by atoms with Gasteiger partial charge in [0.25, 0.3) is 5.89 Å². The highest BCUT2D eigenvalue weighted by atomic mass is 79.9. The summed E-state index contributed by atoms with van der Waals surface area (Å²) in [5, 5.41) is 7.97. The van der Waals surface area contributed by atoms with Crippen molar-refractivity contribution in [2.75, 3.05) is 0 Å². The summed E-state index contributed by atoms with van der Waals surface area (Å²) in [5.74, 6) is 0.665. The van der Waals surface area contributed by atoms with Crippen LogP contribution in [-0.2, 0) is 13.5 Å². The standard InChI is InChI=1S/C13H10BrFN4O/c1-19-11(4-5-16-19)13-17-12(18-20-13)7-8-2-3-10(15)9(14)6-8/h2-6H,7H2,1H3. The maximum Gasteiger partial charge on any atom is 0.276 e. The van der Waals surface area contributed by atoms with E-state index in [2.05, 4.69) is 31.2 Å². The molecule has 20 heavy (non-hydrogen) atoms. The van der Waals surface area contributed by atoms with Gasteiger partial charge in [0.05, 0.1) is 4.47 Å². The van der Waals surface area contributed by atoms with Gasteiger partial charge in [-0.1, -0.05) is 11.2 Å². The van der Waals surface area contributed by atoms with E-state index in [4.69, 9.17) is 4.52 Å². The summed E-state index contributed by atoms with van der Waals surface area (Å²) in [6.07, 6.45) is 2.14. The highest BCUT2D eigenvalue weighted by molar-refractivity contribution is 9.10. The number of aryl methyl sites for hydroxylation is 1. The Morgan fingerprint density at radius 1 is 1.35 bits per heavy atom. The molecule has 0 aliphatic heterocycles. The average Bonchev–Trinajstić information content (AvgIpc) is 3.03. The molecule has 0 saturated carbocycles. The lowest BCUT2D eigenvalue weighted by atomic mass is 10.1. The molecule has 0 radical (unpaired) electrons. The topological polar surface area (TPSA) is 56.7 Å². The lowest BCUT2D eigenvalue weighted by Gasteiger charge is -1.99. The second-order valence-electron chi connectivity index (χ2n) is 4.28. The number of nitrogens with zero attached hydrogens (tertiary/aromatic N) is 4. The van der Waals surface area contributed by atoms with E-state index in [0.717, 1.165) is 11.3 Å². The maximum atomic E-state index is 13.2. The van der Waals surface area contributed by atoms with Gasteiger partial charge in [-0.2, -0.15) is 10.1 Å². The van der Waals surface area contributed by atoms with Crippen LogP contribution in [0.2, 0.25) is 0 Å². The van der Waals surface area contributed by atoms with Gasteiger partial charge in [-0.25, -0.2) is 4.39 Å². The van der Waals surface area contributed by atoms with E-state index in [1.807, 2.05) is 0 Å². The van der Waals surface area contributed by atoms with Gasteiger partial charge in [0, 0.05) is 19.7 Å². The van der Waals surface area contributed by atoms with Gasteiger partial charge in [-0.15, -0.1) is 0 Å². The second-order valence-corrected chi connectivity index (χ2v) is 5.14. The molecule has 1 aromatic carbocycles. The van der Waals surface area contributed by atoms with Crippen LogP contribution in [-0.4, -0.2) is 19.9 Å². The van der Waals surface area contributed by atoms with Crippen LogP contribution < -0.4 is 0 Å². The number of aromatic nitrogens is 4. The Morgan fingerprint density at radius 2 is 2.20 bits per heavy atom. The predicted molar refractivity (Wildman–Crippen MR) is 73.4 cm³/mol. The molecule has 102 valence electrons.